The number of hydrogen-bond acceptors (Lipinski definition) is 4. The molecule has 3 rings (SSSR count). The van der Waals surface area contributed by atoms with Crippen molar-refractivity contribution >= 4 is 29.3 Å². The van der Waals surface area contributed by atoms with E-state index in [-0.39, 0.29) is 17.9 Å². The van der Waals surface area contributed by atoms with E-state index >= 15 is 0 Å². The molecule has 1 fully saturated rings. The fraction of sp³-hybridized carbons (Fsp3) is 0.467. The summed E-state index contributed by atoms with van der Waals surface area (Å²) in [6, 6.07) is 5.44. The van der Waals surface area contributed by atoms with Crippen LogP contribution in [0.1, 0.15) is 29.6 Å². The van der Waals surface area contributed by atoms with Crippen molar-refractivity contribution in [2.75, 3.05) is 24.2 Å². The summed E-state index contributed by atoms with van der Waals surface area (Å²) >= 11 is 1.63. The molecule has 0 unspecified atom stereocenters. The van der Waals surface area contributed by atoms with Crippen molar-refractivity contribution in [3.8, 4) is 0 Å². The summed E-state index contributed by atoms with van der Waals surface area (Å²) in [5.74, 6) is 0.638. The number of nitrogens with one attached hydrogen (secondary N) is 2. The normalized spacial score (nSPS) is 21.3. The van der Waals surface area contributed by atoms with Crippen LogP contribution >= 0.6 is 11.8 Å². The molecule has 0 radical (unpaired) electrons. The minimum Gasteiger partial charge on any atom is -0.376 e. The maximum Gasteiger partial charge on any atom is 0.251 e. The van der Waals surface area contributed by atoms with E-state index in [4.69, 9.17) is 4.74 Å². The van der Waals surface area contributed by atoms with Gasteiger partial charge in [-0.1, -0.05) is 0 Å². The predicted octanol–water partition coefficient (Wildman–Crippen LogP) is 2.03. The number of thioether (sulfide) groups is 1. The van der Waals surface area contributed by atoms with Crippen molar-refractivity contribution in [2.24, 2.45) is 0 Å². The Kier molecular flexibility index (Phi) is 4.45. The molecule has 0 aliphatic carbocycles. The third kappa shape index (κ3) is 3.57. The minimum absolute atomic E-state index is 0.00170. The van der Waals surface area contributed by atoms with Crippen LogP contribution in [-0.4, -0.2) is 36.8 Å². The van der Waals surface area contributed by atoms with E-state index in [1.807, 2.05) is 6.07 Å². The van der Waals surface area contributed by atoms with Crippen LogP contribution in [0.2, 0.25) is 0 Å². The molecule has 0 bridgehead atoms. The average molecular weight is 306 g/mol. The molecule has 0 saturated carbocycles. The molecule has 6 heteroatoms. The van der Waals surface area contributed by atoms with Crippen LogP contribution < -0.4 is 10.6 Å². The molecule has 112 valence electrons. The smallest absolute Gasteiger partial charge is 0.251 e. The Morgan fingerprint density at radius 2 is 2.38 bits per heavy atom. The Balaban J connectivity index is 1.67. The van der Waals surface area contributed by atoms with Crippen molar-refractivity contribution in [3.05, 3.63) is 23.8 Å². The highest BCUT2D eigenvalue weighted by Crippen LogP contribution is 2.31. The first kappa shape index (κ1) is 14.4. The quantitative estimate of drug-likeness (QED) is 0.896. The van der Waals surface area contributed by atoms with E-state index in [2.05, 4.69) is 10.6 Å². The highest BCUT2D eigenvalue weighted by atomic mass is 32.2. The minimum atomic E-state index is -0.128. The van der Waals surface area contributed by atoms with Crippen molar-refractivity contribution in [1.29, 1.82) is 0 Å². The zero-order chi connectivity index (χ0) is 14.7. The number of benzene rings is 1. The van der Waals surface area contributed by atoms with Crippen LogP contribution in [0.25, 0.3) is 0 Å². The summed E-state index contributed by atoms with van der Waals surface area (Å²) in [6.45, 7) is 1.32. The molecule has 2 aliphatic heterocycles. The van der Waals surface area contributed by atoms with E-state index in [9.17, 15) is 9.59 Å². The van der Waals surface area contributed by atoms with Gasteiger partial charge in [-0.05, 0) is 31.0 Å². The molecular formula is C15H18N2O3S. The third-order valence-electron chi connectivity index (χ3n) is 3.62. The molecule has 2 N–H and O–H groups in total. The van der Waals surface area contributed by atoms with Gasteiger partial charge >= 0.3 is 0 Å². The highest BCUT2D eigenvalue weighted by Gasteiger charge is 2.18. The van der Waals surface area contributed by atoms with Crippen LogP contribution in [0.5, 0.6) is 0 Å². The largest absolute Gasteiger partial charge is 0.376 e. The number of amides is 2. The van der Waals surface area contributed by atoms with Crippen molar-refractivity contribution < 1.29 is 14.3 Å². The molecule has 1 aromatic carbocycles. The Morgan fingerprint density at radius 1 is 1.48 bits per heavy atom. The summed E-state index contributed by atoms with van der Waals surface area (Å²) in [4.78, 5) is 24.8. The number of hydrogen-bond donors (Lipinski definition) is 2. The first-order valence-electron chi connectivity index (χ1n) is 7.19. The second kappa shape index (κ2) is 6.49. The second-order valence-corrected chi connectivity index (χ2v) is 6.34. The van der Waals surface area contributed by atoms with Gasteiger partial charge in [-0.15, -0.1) is 11.8 Å². The van der Waals surface area contributed by atoms with E-state index in [1.54, 1.807) is 23.9 Å². The van der Waals surface area contributed by atoms with Crippen LogP contribution in [0.15, 0.2) is 23.1 Å². The lowest BCUT2D eigenvalue weighted by Crippen LogP contribution is -2.31. The zero-order valence-electron chi connectivity index (χ0n) is 11.7. The average Bonchev–Trinajstić information content (AvgIpc) is 2.92. The second-order valence-electron chi connectivity index (χ2n) is 5.20. The Morgan fingerprint density at radius 3 is 3.19 bits per heavy atom. The van der Waals surface area contributed by atoms with Crippen LogP contribution in [0, 0.1) is 0 Å². The maximum absolute atomic E-state index is 12.2. The first-order chi connectivity index (χ1) is 10.2. The molecule has 0 spiro atoms. The van der Waals surface area contributed by atoms with E-state index in [0.29, 0.717) is 18.5 Å². The van der Waals surface area contributed by atoms with Crippen LogP contribution in [0.4, 0.5) is 5.69 Å². The highest BCUT2D eigenvalue weighted by molar-refractivity contribution is 7.99. The number of carbonyl (C=O) groups excluding carboxylic acids is 2. The SMILES string of the molecule is O=C1CCSc2ccc(C(=O)NC[C@H]3CCCO3)cc2N1. The van der Waals surface area contributed by atoms with Gasteiger partial charge < -0.3 is 15.4 Å². The van der Waals surface area contributed by atoms with Crippen molar-refractivity contribution in [3.63, 3.8) is 0 Å². The van der Waals surface area contributed by atoms with Gasteiger partial charge in [0, 0.05) is 35.8 Å². The number of ether oxygens (including phenoxy) is 1. The summed E-state index contributed by atoms with van der Waals surface area (Å²) in [7, 11) is 0. The fourth-order valence-electron chi connectivity index (χ4n) is 2.48. The summed E-state index contributed by atoms with van der Waals surface area (Å²) in [5, 5.41) is 5.74. The maximum atomic E-state index is 12.2. The topological polar surface area (TPSA) is 67.4 Å². The van der Waals surface area contributed by atoms with Gasteiger partial charge in [0.25, 0.3) is 5.91 Å². The molecule has 2 heterocycles. The van der Waals surface area contributed by atoms with Gasteiger partial charge in [-0.3, -0.25) is 9.59 Å². The number of rotatable bonds is 3. The molecule has 21 heavy (non-hydrogen) atoms. The van der Waals surface area contributed by atoms with Crippen LogP contribution in [-0.2, 0) is 9.53 Å². The number of fused-ring (bicyclic) bond motifs is 1. The van der Waals surface area contributed by atoms with Gasteiger partial charge in [0.2, 0.25) is 5.91 Å². The summed E-state index contributed by atoms with van der Waals surface area (Å²) in [6.07, 6.45) is 2.68. The standard InChI is InChI=1S/C15H18N2O3S/c18-14-5-7-21-13-4-3-10(8-12(13)17-14)15(19)16-9-11-2-1-6-20-11/h3-4,8,11H,1-2,5-7,9H2,(H,16,19)(H,17,18)/t11-/m1/s1. The fourth-order valence-corrected chi connectivity index (χ4v) is 3.41. The molecule has 1 atom stereocenters. The predicted molar refractivity (Wildman–Crippen MR) is 81.7 cm³/mol. The van der Waals surface area contributed by atoms with Gasteiger partial charge in [0.15, 0.2) is 0 Å². The molecular weight excluding hydrogens is 288 g/mol. The number of carbonyl (C=O) groups is 2. The molecule has 5 nitrogen and oxygen atoms in total. The molecule has 1 aromatic rings. The van der Waals surface area contributed by atoms with Crippen molar-refractivity contribution in [1.82, 2.24) is 5.32 Å². The summed E-state index contributed by atoms with van der Waals surface area (Å²) in [5.41, 5.74) is 1.29. The monoisotopic (exact) mass is 306 g/mol. The van der Waals surface area contributed by atoms with Gasteiger partial charge in [0.1, 0.15) is 0 Å². The van der Waals surface area contributed by atoms with E-state index in [0.717, 1.165) is 35.8 Å². The first-order valence-corrected chi connectivity index (χ1v) is 8.17. The lowest BCUT2D eigenvalue weighted by atomic mass is 10.1. The van der Waals surface area contributed by atoms with Gasteiger partial charge in [-0.25, -0.2) is 0 Å². The van der Waals surface area contributed by atoms with E-state index < -0.39 is 0 Å². The summed E-state index contributed by atoms with van der Waals surface area (Å²) < 4.78 is 5.49. The Bertz CT molecular complexity index is 556. The molecule has 2 aliphatic rings. The number of anilines is 1. The lowest BCUT2D eigenvalue weighted by molar-refractivity contribution is -0.115. The molecule has 1 saturated heterocycles. The lowest BCUT2D eigenvalue weighted by Gasteiger charge is -2.12. The third-order valence-corrected chi connectivity index (χ3v) is 4.69. The van der Waals surface area contributed by atoms with Gasteiger partial charge in [0.05, 0.1) is 11.8 Å². The van der Waals surface area contributed by atoms with Crippen molar-refractivity contribution in [2.45, 2.75) is 30.3 Å². The Hall–Kier alpha value is -1.53. The Labute approximate surface area is 127 Å². The molecule has 0 aromatic heterocycles. The van der Waals surface area contributed by atoms with Gasteiger partial charge in [-0.2, -0.15) is 0 Å². The van der Waals surface area contributed by atoms with Crippen LogP contribution in [0.3, 0.4) is 0 Å². The molecule has 2 amide bonds. The van der Waals surface area contributed by atoms with E-state index in [1.165, 1.54) is 0 Å². The zero-order valence-corrected chi connectivity index (χ0v) is 12.5.